The number of rotatable bonds is 3. The van der Waals surface area contributed by atoms with E-state index in [0.717, 1.165) is 34.7 Å². The van der Waals surface area contributed by atoms with Gasteiger partial charge < -0.3 is 10.4 Å². The Bertz CT molecular complexity index is 444. The number of aryl methyl sites for hydroxylation is 1. The highest BCUT2D eigenvalue weighted by atomic mass is 32.1. The number of carboxylic acid groups (broad SMARTS) is 1. The van der Waals surface area contributed by atoms with Crippen molar-refractivity contribution in [3.8, 4) is 0 Å². The Labute approximate surface area is 111 Å². The van der Waals surface area contributed by atoms with Crippen LogP contribution in [-0.2, 0) is 0 Å². The number of carbonyl (C=O) groups is 1. The Morgan fingerprint density at radius 2 is 2.11 bits per heavy atom. The second-order valence-corrected chi connectivity index (χ2v) is 6.54. The molecule has 0 aromatic carbocycles. The number of hydrogen-bond donors (Lipinski definition) is 2. The zero-order valence-electron chi connectivity index (χ0n) is 11.1. The summed E-state index contributed by atoms with van der Waals surface area (Å²) in [5, 5.41) is 13.1. The smallest absolute Gasteiger partial charge is 0.355 e. The molecular formula is C13H20N2O2S. The molecule has 0 spiro atoms. The third-order valence-electron chi connectivity index (χ3n) is 3.92. The lowest BCUT2D eigenvalue weighted by atomic mass is 9.79. The third kappa shape index (κ3) is 2.83. The Kier molecular flexibility index (Phi) is 3.90. The maximum Gasteiger partial charge on any atom is 0.355 e. The number of thiazole rings is 1. The highest BCUT2D eigenvalue weighted by molar-refractivity contribution is 7.15. The molecule has 1 aliphatic rings. The standard InChI is InChI=1S/C13H20N2O2S/c1-7-4-5-10(6-8(7)2)14-13-15-11(12(16)17)9(3)18-13/h7-8,10H,4-6H2,1-3H3,(H,14,15)(H,16,17). The quantitative estimate of drug-likeness (QED) is 0.882. The Morgan fingerprint density at radius 3 is 2.67 bits per heavy atom. The third-order valence-corrected chi connectivity index (χ3v) is 4.83. The summed E-state index contributed by atoms with van der Waals surface area (Å²) >= 11 is 1.44. The van der Waals surface area contributed by atoms with Crippen LogP contribution in [-0.4, -0.2) is 22.1 Å². The highest BCUT2D eigenvalue weighted by Crippen LogP contribution is 2.32. The van der Waals surface area contributed by atoms with Gasteiger partial charge in [0.1, 0.15) is 0 Å². The lowest BCUT2D eigenvalue weighted by Crippen LogP contribution is -2.30. The fourth-order valence-corrected chi connectivity index (χ4v) is 3.39. The van der Waals surface area contributed by atoms with Crippen molar-refractivity contribution in [2.45, 2.75) is 46.1 Å². The number of nitrogens with one attached hydrogen (secondary N) is 1. The van der Waals surface area contributed by atoms with Crippen molar-refractivity contribution < 1.29 is 9.90 Å². The first-order chi connectivity index (χ1) is 8.47. The normalized spacial score (nSPS) is 28.1. The van der Waals surface area contributed by atoms with E-state index in [1.807, 2.05) is 0 Å². The van der Waals surface area contributed by atoms with Crippen LogP contribution in [0, 0.1) is 18.8 Å². The second kappa shape index (κ2) is 5.26. The molecule has 1 aromatic rings. The molecule has 1 fully saturated rings. The number of aromatic carboxylic acids is 1. The first kappa shape index (κ1) is 13.3. The topological polar surface area (TPSA) is 62.2 Å². The van der Waals surface area contributed by atoms with E-state index in [0.29, 0.717) is 6.04 Å². The molecule has 100 valence electrons. The van der Waals surface area contributed by atoms with Crippen molar-refractivity contribution in [2.75, 3.05) is 5.32 Å². The van der Waals surface area contributed by atoms with Crippen LogP contribution in [0.15, 0.2) is 0 Å². The average molecular weight is 268 g/mol. The molecule has 0 bridgehead atoms. The molecule has 2 rings (SSSR count). The minimum absolute atomic E-state index is 0.180. The van der Waals surface area contributed by atoms with Crippen LogP contribution in [0.3, 0.4) is 0 Å². The maximum absolute atomic E-state index is 10.9. The lowest BCUT2D eigenvalue weighted by molar-refractivity contribution is 0.0690. The van der Waals surface area contributed by atoms with Gasteiger partial charge in [0.2, 0.25) is 0 Å². The van der Waals surface area contributed by atoms with Gasteiger partial charge in [-0.3, -0.25) is 0 Å². The van der Waals surface area contributed by atoms with Gasteiger partial charge in [0.05, 0.1) is 0 Å². The molecule has 0 aliphatic heterocycles. The van der Waals surface area contributed by atoms with E-state index in [2.05, 4.69) is 24.1 Å². The summed E-state index contributed by atoms with van der Waals surface area (Å²) < 4.78 is 0. The van der Waals surface area contributed by atoms with E-state index in [-0.39, 0.29) is 5.69 Å². The summed E-state index contributed by atoms with van der Waals surface area (Å²) in [4.78, 5) is 15.9. The van der Waals surface area contributed by atoms with Crippen molar-refractivity contribution in [3.05, 3.63) is 10.6 Å². The minimum Gasteiger partial charge on any atom is -0.476 e. The molecule has 3 atom stereocenters. The molecule has 5 heteroatoms. The summed E-state index contributed by atoms with van der Waals surface area (Å²) in [6.07, 6.45) is 3.52. The monoisotopic (exact) mass is 268 g/mol. The molecule has 1 aliphatic carbocycles. The Hall–Kier alpha value is -1.10. The molecule has 2 N–H and O–H groups in total. The molecule has 1 aromatic heterocycles. The van der Waals surface area contributed by atoms with Crippen LogP contribution in [0.1, 0.15) is 48.5 Å². The van der Waals surface area contributed by atoms with E-state index in [1.165, 1.54) is 17.8 Å². The Balaban J connectivity index is 2.02. The van der Waals surface area contributed by atoms with Gasteiger partial charge >= 0.3 is 5.97 Å². The van der Waals surface area contributed by atoms with Crippen molar-refractivity contribution in [1.29, 1.82) is 0 Å². The number of carboxylic acids is 1. The summed E-state index contributed by atoms with van der Waals surface area (Å²) in [6.45, 7) is 6.39. The zero-order valence-corrected chi connectivity index (χ0v) is 11.9. The van der Waals surface area contributed by atoms with Gasteiger partial charge in [-0.05, 0) is 38.0 Å². The average Bonchev–Trinajstić information content (AvgIpc) is 2.65. The molecule has 4 nitrogen and oxygen atoms in total. The number of hydrogen-bond acceptors (Lipinski definition) is 4. The zero-order chi connectivity index (χ0) is 13.3. The van der Waals surface area contributed by atoms with Gasteiger partial charge in [-0.2, -0.15) is 0 Å². The van der Waals surface area contributed by atoms with E-state index in [4.69, 9.17) is 5.11 Å². The van der Waals surface area contributed by atoms with Crippen LogP contribution in [0.2, 0.25) is 0 Å². The molecule has 3 unspecified atom stereocenters. The van der Waals surface area contributed by atoms with Crippen LogP contribution < -0.4 is 5.32 Å². The second-order valence-electron chi connectivity index (χ2n) is 5.34. The van der Waals surface area contributed by atoms with Gasteiger partial charge in [0.15, 0.2) is 10.8 Å². The highest BCUT2D eigenvalue weighted by Gasteiger charge is 2.25. The van der Waals surface area contributed by atoms with Crippen molar-refractivity contribution in [3.63, 3.8) is 0 Å². The molecule has 0 amide bonds. The summed E-state index contributed by atoms with van der Waals surface area (Å²) in [6, 6.07) is 0.434. The number of aromatic nitrogens is 1. The minimum atomic E-state index is -0.942. The van der Waals surface area contributed by atoms with E-state index >= 15 is 0 Å². The van der Waals surface area contributed by atoms with Crippen LogP contribution in [0.25, 0.3) is 0 Å². The van der Waals surface area contributed by atoms with E-state index in [1.54, 1.807) is 6.92 Å². The predicted octanol–water partition coefficient (Wildman–Crippen LogP) is 3.39. The van der Waals surface area contributed by atoms with Crippen molar-refractivity contribution in [2.24, 2.45) is 11.8 Å². The SMILES string of the molecule is Cc1sc(NC2CCC(C)C(C)C2)nc1C(=O)O. The summed E-state index contributed by atoms with van der Waals surface area (Å²) in [7, 11) is 0. The van der Waals surface area contributed by atoms with Crippen molar-refractivity contribution in [1.82, 2.24) is 4.98 Å². The van der Waals surface area contributed by atoms with Crippen LogP contribution >= 0.6 is 11.3 Å². The maximum atomic E-state index is 10.9. The number of nitrogens with zero attached hydrogens (tertiary/aromatic N) is 1. The van der Waals surface area contributed by atoms with E-state index < -0.39 is 5.97 Å². The largest absolute Gasteiger partial charge is 0.476 e. The van der Waals surface area contributed by atoms with Gasteiger partial charge in [0.25, 0.3) is 0 Å². The van der Waals surface area contributed by atoms with Crippen LogP contribution in [0.5, 0.6) is 0 Å². The van der Waals surface area contributed by atoms with Gasteiger partial charge in [-0.1, -0.05) is 13.8 Å². The van der Waals surface area contributed by atoms with Gasteiger partial charge in [-0.25, -0.2) is 9.78 Å². The number of anilines is 1. The first-order valence-corrected chi connectivity index (χ1v) is 7.26. The fourth-order valence-electron chi connectivity index (χ4n) is 2.51. The molecule has 1 saturated carbocycles. The summed E-state index contributed by atoms with van der Waals surface area (Å²) in [5.41, 5.74) is 0.180. The predicted molar refractivity (Wildman–Crippen MR) is 73.4 cm³/mol. The Morgan fingerprint density at radius 1 is 1.39 bits per heavy atom. The lowest BCUT2D eigenvalue weighted by Gasteiger charge is -2.32. The molecule has 0 radical (unpaired) electrons. The summed E-state index contributed by atoms with van der Waals surface area (Å²) in [5.74, 6) is 0.564. The molecule has 18 heavy (non-hydrogen) atoms. The first-order valence-electron chi connectivity index (χ1n) is 6.44. The van der Waals surface area contributed by atoms with Crippen molar-refractivity contribution >= 4 is 22.4 Å². The molecule has 1 heterocycles. The van der Waals surface area contributed by atoms with E-state index in [9.17, 15) is 4.79 Å². The fraction of sp³-hybridized carbons (Fsp3) is 0.692. The molecule has 0 saturated heterocycles. The van der Waals surface area contributed by atoms with Crippen LogP contribution in [0.4, 0.5) is 5.13 Å². The van der Waals surface area contributed by atoms with Gasteiger partial charge in [0, 0.05) is 10.9 Å². The molecular weight excluding hydrogens is 248 g/mol. The van der Waals surface area contributed by atoms with Gasteiger partial charge in [-0.15, -0.1) is 11.3 Å².